The summed E-state index contributed by atoms with van der Waals surface area (Å²) in [5.74, 6) is 0.574. The van der Waals surface area contributed by atoms with Gasteiger partial charge in [-0.1, -0.05) is 48.5 Å². The second-order valence-electron chi connectivity index (χ2n) is 8.01. The van der Waals surface area contributed by atoms with Crippen LogP contribution in [0.4, 0.5) is 5.69 Å². The summed E-state index contributed by atoms with van der Waals surface area (Å²) in [5.41, 5.74) is 3.64. The van der Waals surface area contributed by atoms with E-state index in [1.807, 2.05) is 86.6 Å². The van der Waals surface area contributed by atoms with Crippen molar-refractivity contribution in [2.24, 2.45) is 5.10 Å². The van der Waals surface area contributed by atoms with Crippen molar-refractivity contribution in [2.75, 3.05) is 18.2 Å². The molecule has 36 heavy (non-hydrogen) atoms. The minimum absolute atomic E-state index is 0.139. The van der Waals surface area contributed by atoms with Crippen molar-refractivity contribution in [2.45, 2.75) is 20.4 Å². The second kappa shape index (κ2) is 11.9. The van der Waals surface area contributed by atoms with Gasteiger partial charge >= 0.3 is 0 Å². The first-order valence-corrected chi connectivity index (χ1v) is 12.6. The summed E-state index contributed by atoms with van der Waals surface area (Å²) in [5, 5.41) is 8.69. The van der Waals surface area contributed by atoms with Crippen LogP contribution in [0.5, 0.6) is 11.5 Å². The third-order valence-corrected chi connectivity index (χ3v) is 6.19. The maximum Gasteiger partial charge on any atom is 0.280 e. The van der Waals surface area contributed by atoms with Gasteiger partial charge in [0, 0.05) is 6.54 Å². The lowest BCUT2D eigenvalue weighted by atomic mass is 10.1. The van der Waals surface area contributed by atoms with Crippen LogP contribution in [0, 0.1) is 3.57 Å². The lowest BCUT2D eigenvalue weighted by Gasteiger charge is -2.15. The fourth-order valence-corrected chi connectivity index (χ4v) is 4.44. The van der Waals surface area contributed by atoms with Crippen LogP contribution < -0.4 is 19.8 Å². The predicted molar refractivity (Wildman–Crippen MR) is 149 cm³/mol. The zero-order valence-electron chi connectivity index (χ0n) is 20.0. The first kappa shape index (κ1) is 25.4. The van der Waals surface area contributed by atoms with E-state index in [2.05, 4.69) is 33.0 Å². The number of hydrogen-bond acceptors (Lipinski definition) is 5. The fourth-order valence-electron chi connectivity index (χ4n) is 3.65. The molecule has 0 saturated carbocycles. The van der Waals surface area contributed by atoms with E-state index in [1.165, 1.54) is 5.01 Å². The quantitative estimate of drug-likeness (QED) is 0.273. The molecule has 8 heteroatoms. The topological polar surface area (TPSA) is 80.2 Å². The van der Waals surface area contributed by atoms with Gasteiger partial charge < -0.3 is 14.8 Å². The number of para-hydroxylation sites is 1. The van der Waals surface area contributed by atoms with E-state index in [4.69, 9.17) is 9.47 Å². The number of carbonyl (C=O) groups excluding carboxylic acids is 2. The molecule has 0 bridgehead atoms. The lowest BCUT2D eigenvalue weighted by Crippen LogP contribution is -2.28. The summed E-state index contributed by atoms with van der Waals surface area (Å²) in [6.45, 7) is 4.41. The Morgan fingerprint density at radius 2 is 1.75 bits per heavy atom. The van der Waals surface area contributed by atoms with Crippen molar-refractivity contribution in [3.05, 3.63) is 93.1 Å². The molecular formula is C28H26IN3O4. The Kier molecular flexibility index (Phi) is 8.37. The monoisotopic (exact) mass is 595 g/mol. The number of rotatable bonds is 9. The van der Waals surface area contributed by atoms with E-state index >= 15 is 0 Å². The highest BCUT2D eigenvalue weighted by molar-refractivity contribution is 14.1. The molecule has 3 aromatic carbocycles. The Labute approximate surface area is 223 Å². The molecule has 0 atom stereocenters. The van der Waals surface area contributed by atoms with Gasteiger partial charge in [-0.2, -0.15) is 10.1 Å². The molecule has 0 aliphatic carbocycles. The predicted octanol–water partition coefficient (Wildman–Crippen LogP) is 5.19. The van der Waals surface area contributed by atoms with Gasteiger partial charge in [-0.05, 0) is 77.9 Å². The number of anilines is 1. The second-order valence-corrected chi connectivity index (χ2v) is 9.17. The standard InChI is InChI=1S/C28H26IN3O4/c1-3-35-25-16-21(14-23-19(2)31-32(28(23)34)22-12-8-5-9-13-22)15-24(29)27(25)36-18-26(33)30-17-20-10-6-4-7-11-20/h4-16H,3,17-18H2,1-2H3,(H,30,33)/b23-14-. The van der Waals surface area contributed by atoms with E-state index in [9.17, 15) is 9.59 Å². The van der Waals surface area contributed by atoms with Crippen LogP contribution in [0.2, 0.25) is 0 Å². The number of halogens is 1. The molecule has 1 aliphatic heterocycles. The first-order chi connectivity index (χ1) is 17.5. The van der Waals surface area contributed by atoms with Crippen LogP contribution in [0.25, 0.3) is 6.08 Å². The zero-order chi connectivity index (χ0) is 25.5. The largest absolute Gasteiger partial charge is 0.490 e. The smallest absolute Gasteiger partial charge is 0.280 e. The van der Waals surface area contributed by atoms with Crippen molar-refractivity contribution < 1.29 is 19.1 Å². The third kappa shape index (κ3) is 6.12. The summed E-state index contributed by atoms with van der Waals surface area (Å²) in [6.07, 6.45) is 1.80. The minimum Gasteiger partial charge on any atom is -0.490 e. The van der Waals surface area contributed by atoms with Gasteiger partial charge in [-0.3, -0.25) is 9.59 Å². The summed E-state index contributed by atoms with van der Waals surface area (Å²) >= 11 is 2.15. The van der Waals surface area contributed by atoms with E-state index in [0.717, 1.165) is 14.7 Å². The van der Waals surface area contributed by atoms with Gasteiger partial charge in [0.05, 0.1) is 27.1 Å². The SMILES string of the molecule is CCOc1cc(/C=C2\C(=O)N(c3ccccc3)N=C2C)cc(I)c1OCC(=O)NCc1ccccc1. The number of hydrazone groups is 1. The number of amides is 2. The molecule has 0 fully saturated rings. The van der Waals surface area contributed by atoms with E-state index in [0.29, 0.717) is 41.6 Å². The maximum atomic E-state index is 13.1. The zero-order valence-corrected chi connectivity index (χ0v) is 22.2. The van der Waals surface area contributed by atoms with Crippen molar-refractivity contribution in [1.82, 2.24) is 5.32 Å². The molecule has 2 amide bonds. The Balaban J connectivity index is 1.49. The Bertz CT molecular complexity index is 1310. The highest BCUT2D eigenvalue weighted by Crippen LogP contribution is 2.35. The molecule has 0 spiro atoms. The number of nitrogens with zero attached hydrogens (tertiary/aromatic N) is 2. The fraction of sp³-hybridized carbons (Fsp3) is 0.179. The van der Waals surface area contributed by atoms with Gasteiger partial charge in [0.2, 0.25) is 0 Å². The summed E-state index contributed by atoms with van der Waals surface area (Å²) in [4.78, 5) is 25.4. The van der Waals surface area contributed by atoms with Crippen molar-refractivity contribution in [3.63, 3.8) is 0 Å². The highest BCUT2D eigenvalue weighted by Gasteiger charge is 2.28. The number of carbonyl (C=O) groups is 2. The van der Waals surface area contributed by atoms with E-state index in [1.54, 1.807) is 6.08 Å². The van der Waals surface area contributed by atoms with Crippen LogP contribution in [0.15, 0.2) is 83.5 Å². The Hall–Kier alpha value is -3.66. The third-order valence-electron chi connectivity index (χ3n) is 5.39. The summed E-state index contributed by atoms with van der Waals surface area (Å²) in [6, 6.07) is 22.7. The minimum atomic E-state index is -0.229. The van der Waals surface area contributed by atoms with Gasteiger partial charge in [0.15, 0.2) is 18.1 Å². The number of benzene rings is 3. The highest BCUT2D eigenvalue weighted by atomic mass is 127. The normalized spacial score (nSPS) is 14.1. The molecule has 184 valence electrons. The molecule has 1 N–H and O–H groups in total. The number of ether oxygens (including phenoxy) is 2. The Morgan fingerprint density at radius 3 is 2.44 bits per heavy atom. The van der Waals surface area contributed by atoms with Crippen molar-refractivity contribution in [1.29, 1.82) is 0 Å². The van der Waals surface area contributed by atoms with Crippen LogP contribution >= 0.6 is 22.6 Å². The van der Waals surface area contributed by atoms with Gasteiger partial charge in [0.1, 0.15) is 0 Å². The average Bonchev–Trinajstić information content (AvgIpc) is 3.16. The van der Waals surface area contributed by atoms with Crippen molar-refractivity contribution in [3.8, 4) is 11.5 Å². The van der Waals surface area contributed by atoms with Crippen LogP contribution in [-0.4, -0.2) is 30.7 Å². The van der Waals surface area contributed by atoms with E-state index < -0.39 is 0 Å². The van der Waals surface area contributed by atoms with Crippen LogP contribution in [0.3, 0.4) is 0 Å². The number of hydrogen-bond donors (Lipinski definition) is 1. The molecule has 7 nitrogen and oxygen atoms in total. The summed E-state index contributed by atoms with van der Waals surface area (Å²) < 4.78 is 12.4. The van der Waals surface area contributed by atoms with Gasteiger partial charge in [-0.25, -0.2) is 0 Å². The molecule has 0 unspecified atom stereocenters. The van der Waals surface area contributed by atoms with E-state index in [-0.39, 0.29) is 18.4 Å². The summed E-state index contributed by atoms with van der Waals surface area (Å²) in [7, 11) is 0. The molecule has 4 rings (SSSR count). The molecule has 0 radical (unpaired) electrons. The Morgan fingerprint density at radius 1 is 1.06 bits per heavy atom. The van der Waals surface area contributed by atoms with Crippen molar-refractivity contribution >= 4 is 51.9 Å². The molecule has 3 aromatic rings. The maximum absolute atomic E-state index is 13.1. The van der Waals surface area contributed by atoms with Gasteiger partial charge in [-0.15, -0.1) is 0 Å². The molecule has 0 aromatic heterocycles. The molecular weight excluding hydrogens is 569 g/mol. The lowest BCUT2D eigenvalue weighted by molar-refractivity contribution is -0.123. The first-order valence-electron chi connectivity index (χ1n) is 11.5. The number of nitrogens with one attached hydrogen (secondary N) is 1. The van der Waals surface area contributed by atoms with Crippen LogP contribution in [0.1, 0.15) is 25.0 Å². The molecule has 1 aliphatic rings. The molecule has 0 saturated heterocycles. The van der Waals surface area contributed by atoms with Gasteiger partial charge in [0.25, 0.3) is 11.8 Å². The molecule has 1 heterocycles. The average molecular weight is 595 g/mol. The van der Waals surface area contributed by atoms with Crippen LogP contribution in [-0.2, 0) is 16.1 Å².